The van der Waals surface area contributed by atoms with E-state index in [-0.39, 0.29) is 0 Å². The molecule has 1 rings (SSSR count). The van der Waals surface area contributed by atoms with Gasteiger partial charge < -0.3 is 0 Å². The van der Waals surface area contributed by atoms with Crippen molar-refractivity contribution in [2.24, 2.45) is 0 Å². The Balaban J connectivity index is 2.36. The molecule has 1 aromatic rings. The number of aromatic nitrogens is 2. The minimum Gasteiger partial charge on any atom is -0.245 e. The minimum atomic E-state index is 0.629. The van der Waals surface area contributed by atoms with Crippen molar-refractivity contribution in [1.82, 2.24) is 9.97 Å². The fourth-order valence-electron chi connectivity index (χ4n) is 1.92. The third-order valence-electron chi connectivity index (χ3n) is 2.92. The first-order chi connectivity index (χ1) is 7.38. The lowest BCUT2D eigenvalue weighted by Crippen LogP contribution is -2.00. The van der Waals surface area contributed by atoms with Gasteiger partial charge >= 0.3 is 0 Å². The molecule has 2 nitrogen and oxygen atoms in total. The van der Waals surface area contributed by atoms with Crippen LogP contribution in [0.25, 0.3) is 0 Å². The molecular formula is C13H22N2. The topological polar surface area (TPSA) is 25.8 Å². The molecule has 0 aromatic carbocycles. The van der Waals surface area contributed by atoms with Crippen LogP contribution in [0.4, 0.5) is 0 Å². The summed E-state index contributed by atoms with van der Waals surface area (Å²) >= 11 is 0. The molecule has 0 N–H and O–H groups in total. The van der Waals surface area contributed by atoms with Crippen LogP contribution in [0.3, 0.4) is 0 Å². The second-order valence-corrected chi connectivity index (χ2v) is 4.09. The van der Waals surface area contributed by atoms with Gasteiger partial charge in [-0.15, -0.1) is 0 Å². The molecule has 84 valence electrons. The summed E-state index contributed by atoms with van der Waals surface area (Å²) in [5.74, 6) is 0.629. The monoisotopic (exact) mass is 206 g/mol. The molecule has 1 atom stereocenters. The van der Waals surface area contributed by atoms with E-state index >= 15 is 0 Å². The third-order valence-corrected chi connectivity index (χ3v) is 2.92. The molecule has 0 aliphatic rings. The van der Waals surface area contributed by atoms with E-state index in [1.165, 1.54) is 44.2 Å². The standard InChI is InChI=1S/C13H22N2/c1-3-5-6-7-8-12(4-2)13-9-10-14-11-15-13/h9-12H,3-8H2,1-2H3. The molecule has 0 saturated carbocycles. The van der Waals surface area contributed by atoms with Gasteiger partial charge in [0.2, 0.25) is 0 Å². The van der Waals surface area contributed by atoms with Gasteiger partial charge in [-0.1, -0.05) is 39.5 Å². The molecule has 0 aliphatic carbocycles. The highest BCUT2D eigenvalue weighted by Gasteiger charge is 2.09. The van der Waals surface area contributed by atoms with Gasteiger partial charge in [0.1, 0.15) is 6.33 Å². The summed E-state index contributed by atoms with van der Waals surface area (Å²) in [6.45, 7) is 4.49. The zero-order chi connectivity index (χ0) is 10.9. The average molecular weight is 206 g/mol. The van der Waals surface area contributed by atoms with Crippen molar-refractivity contribution in [3.8, 4) is 0 Å². The maximum absolute atomic E-state index is 4.34. The van der Waals surface area contributed by atoms with E-state index in [9.17, 15) is 0 Å². The van der Waals surface area contributed by atoms with Gasteiger partial charge in [0.05, 0.1) is 0 Å². The Labute approximate surface area is 93.2 Å². The van der Waals surface area contributed by atoms with Crippen LogP contribution < -0.4 is 0 Å². The van der Waals surface area contributed by atoms with Crippen LogP contribution in [0.15, 0.2) is 18.6 Å². The number of unbranched alkanes of at least 4 members (excludes halogenated alkanes) is 3. The summed E-state index contributed by atoms with van der Waals surface area (Å²) in [7, 11) is 0. The van der Waals surface area contributed by atoms with Crippen molar-refractivity contribution in [1.29, 1.82) is 0 Å². The quantitative estimate of drug-likeness (QED) is 0.631. The van der Waals surface area contributed by atoms with E-state index < -0.39 is 0 Å². The first kappa shape index (κ1) is 12.2. The molecule has 0 saturated heterocycles. The Hall–Kier alpha value is -0.920. The molecule has 0 spiro atoms. The molecule has 1 aromatic heterocycles. The Bertz CT molecular complexity index is 246. The van der Waals surface area contributed by atoms with E-state index in [4.69, 9.17) is 0 Å². The SMILES string of the molecule is CCCCCCC(CC)c1ccncn1. The molecule has 1 unspecified atom stereocenters. The summed E-state index contributed by atoms with van der Waals surface area (Å²) in [6.07, 6.45) is 11.3. The molecule has 15 heavy (non-hydrogen) atoms. The highest BCUT2D eigenvalue weighted by molar-refractivity contribution is 5.05. The molecule has 2 heteroatoms. The minimum absolute atomic E-state index is 0.629. The average Bonchev–Trinajstić information content (AvgIpc) is 2.30. The zero-order valence-electron chi connectivity index (χ0n) is 9.95. The van der Waals surface area contributed by atoms with E-state index in [2.05, 4.69) is 23.8 Å². The lowest BCUT2D eigenvalue weighted by molar-refractivity contribution is 0.532. The van der Waals surface area contributed by atoms with Crippen LogP contribution in [0.1, 0.15) is 64.0 Å². The Kier molecular flexibility index (Phi) is 5.98. The normalized spacial score (nSPS) is 12.7. The van der Waals surface area contributed by atoms with Crippen molar-refractivity contribution in [2.75, 3.05) is 0 Å². The Morgan fingerprint density at radius 1 is 1.20 bits per heavy atom. The summed E-state index contributed by atoms with van der Waals surface area (Å²) in [6, 6.07) is 2.05. The van der Waals surface area contributed by atoms with Crippen molar-refractivity contribution < 1.29 is 0 Å². The van der Waals surface area contributed by atoms with Crippen LogP contribution in [-0.4, -0.2) is 9.97 Å². The highest BCUT2D eigenvalue weighted by atomic mass is 14.8. The first-order valence-electron chi connectivity index (χ1n) is 6.14. The van der Waals surface area contributed by atoms with E-state index in [0.717, 1.165) is 0 Å². The van der Waals surface area contributed by atoms with Gasteiger partial charge in [-0.25, -0.2) is 9.97 Å². The van der Waals surface area contributed by atoms with E-state index in [1.54, 1.807) is 6.33 Å². The van der Waals surface area contributed by atoms with Gasteiger partial charge in [-0.2, -0.15) is 0 Å². The molecule has 0 amide bonds. The number of hydrogen-bond donors (Lipinski definition) is 0. The highest BCUT2D eigenvalue weighted by Crippen LogP contribution is 2.23. The van der Waals surface area contributed by atoms with Crippen LogP contribution in [-0.2, 0) is 0 Å². The largest absolute Gasteiger partial charge is 0.245 e. The summed E-state index contributed by atoms with van der Waals surface area (Å²) in [5, 5.41) is 0. The second kappa shape index (κ2) is 7.38. The van der Waals surface area contributed by atoms with Gasteiger partial charge in [0.25, 0.3) is 0 Å². The Morgan fingerprint density at radius 3 is 2.67 bits per heavy atom. The lowest BCUT2D eigenvalue weighted by Gasteiger charge is -2.13. The van der Waals surface area contributed by atoms with E-state index in [0.29, 0.717) is 5.92 Å². The van der Waals surface area contributed by atoms with Crippen molar-refractivity contribution in [3.05, 3.63) is 24.3 Å². The van der Waals surface area contributed by atoms with Gasteiger partial charge in [-0.3, -0.25) is 0 Å². The summed E-state index contributed by atoms with van der Waals surface area (Å²) in [4.78, 5) is 8.30. The van der Waals surface area contributed by atoms with Gasteiger partial charge in [-0.05, 0) is 18.9 Å². The molecule has 0 radical (unpaired) electrons. The summed E-state index contributed by atoms with van der Waals surface area (Å²) in [5.41, 5.74) is 1.21. The molecule has 0 fully saturated rings. The van der Waals surface area contributed by atoms with Crippen LogP contribution in [0.2, 0.25) is 0 Å². The van der Waals surface area contributed by atoms with Crippen molar-refractivity contribution in [2.45, 2.75) is 58.3 Å². The predicted octanol–water partition coefficient (Wildman–Crippen LogP) is 3.94. The fourth-order valence-corrected chi connectivity index (χ4v) is 1.92. The van der Waals surface area contributed by atoms with Gasteiger partial charge in [0, 0.05) is 17.8 Å². The van der Waals surface area contributed by atoms with E-state index in [1.807, 2.05) is 12.3 Å². The van der Waals surface area contributed by atoms with Crippen LogP contribution in [0, 0.1) is 0 Å². The molecular weight excluding hydrogens is 184 g/mol. The number of hydrogen-bond acceptors (Lipinski definition) is 2. The van der Waals surface area contributed by atoms with Crippen LogP contribution in [0.5, 0.6) is 0 Å². The molecule has 0 bridgehead atoms. The smallest absolute Gasteiger partial charge is 0.115 e. The number of rotatable bonds is 7. The second-order valence-electron chi connectivity index (χ2n) is 4.09. The maximum Gasteiger partial charge on any atom is 0.115 e. The number of nitrogens with zero attached hydrogens (tertiary/aromatic N) is 2. The van der Waals surface area contributed by atoms with Crippen molar-refractivity contribution in [3.63, 3.8) is 0 Å². The predicted molar refractivity (Wildman–Crippen MR) is 63.8 cm³/mol. The fraction of sp³-hybridized carbons (Fsp3) is 0.692. The van der Waals surface area contributed by atoms with Crippen LogP contribution >= 0.6 is 0 Å². The molecule has 0 aliphatic heterocycles. The van der Waals surface area contributed by atoms with Gasteiger partial charge in [0.15, 0.2) is 0 Å². The first-order valence-corrected chi connectivity index (χ1v) is 6.14. The third kappa shape index (κ3) is 4.41. The maximum atomic E-state index is 4.34. The summed E-state index contributed by atoms with van der Waals surface area (Å²) < 4.78 is 0. The lowest BCUT2D eigenvalue weighted by atomic mass is 9.95. The van der Waals surface area contributed by atoms with Crippen molar-refractivity contribution >= 4 is 0 Å². The zero-order valence-corrected chi connectivity index (χ0v) is 9.95. The Morgan fingerprint density at radius 2 is 2.07 bits per heavy atom. The molecule has 1 heterocycles.